The Morgan fingerprint density at radius 3 is 2.09 bits per heavy atom. The molecule has 46 heavy (non-hydrogen) atoms. The van der Waals surface area contributed by atoms with Crippen molar-refractivity contribution < 1.29 is 17.9 Å². The number of halogens is 2. The van der Waals surface area contributed by atoms with Crippen LogP contribution in [0, 0.1) is 0 Å². The van der Waals surface area contributed by atoms with Gasteiger partial charge in [0.15, 0.2) is 0 Å². The van der Waals surface area contributed by atoms with Gasteiger partial charge >= 0.3 is 291 Å². The van der Waals surface area contributed by atoms with Crippen LogP contribution >= 0.6 is 17.0 Å². The molecule has 0 fully saturated rings. The Labute approximate surface area is 289 Å². The summed E-state index contributed by atoms with van der Waals surface area (Å²) in [6.07, 6.45) is 4.60. The number of fused-ring (bicyclic) bond motifs is 4. The maximum atomic E-state index is 8.06. The van der Waals surface area contributed by atoms with E-state index in [1.165, 1.54) is 74.9 Å². The fourth-order valence-corrected chi connectivity index (χ4v) is 24.2. The summed E-state index contributed by atoms with van der Waals surface area (Å²) in [5.74, 6) is 0.907. The van der Waals surface area contributed by atoms with Crippen molar-refractivity contribution >= 4 is 51.8 Å². The second kappa shape index (κ2) is 12.9. The molecule has 1 heterocycles. The quantitative estimate of drug-likeness (QED) is 0.137. The first kappa shape index (κ1) is 32.1. The van der Waals surface area contributed by atoms with Gasteiger partial charge in [-0.15, -0.1) is 0 Å². The van der Waals surface area contributed by atoms with Gasteiger partial charge < -0.3 is 0 Å². The van der Waals surface area contributed by atoms with Crippen molar-refractivity contribution in [3.05, 3.63) is 137 Å². The molecular formula is C42H42Cl2SiZr. The Balaban J connectivity index is 1.47. The van der Waals surface area contributed by atoms with Crippen LogP contribution in [0.25, 0.3) is 33.9 Å². The predicted octanol–water partition coefficient (Wildman–Crippen LogP) is 10.0. The summed E-state index contributed by atoms with van der Waals surface area (Å²) < 4.78 is 1.27. The van der Waals surface area contributed by atoms with E-state index in [0.717, 1.165) is 12.8 Å². The van der Waals surface area contributed by atoms with Crippen LogP contribution in [0.5, 0.6) is 0 Å². The van der Waals surface area contributed by atoms with E-state index in [1.807, 2.05) is 0 Å². The summed E-state index contributed by atoms with van der Waals surface area (Å²) in [6.45, 7) is 11.5. The fourth-order valence-electron chi connectivity index (χ4n) is 7.70. The van der Waals surface area contributed by atoms with Gasteiger partial charge in [0.25, 0.3) is 0 Å². The van der Waals surface area contributed by atoms with E-state index in [0.29, 0.717) is 11.8 Å². The van der Waals surface area contributed by atoms with Crippen molar-refractivity contribution in [2.24, 2.45) is 0 Å². The Bertz CT molecular complexity index is 1950. The van der Waals surface area contributed by atoms with Gasteiger partial charge in [0.1, 0.15) is 0 Å². The zero-order chi connectivity index (χ0) is 32.2. The van der Waals surface area contributed by atoms with Crippen molar-refractivity contribution in [1.29, 1.82) is 0 Å². The van der Waals surface area contributed by atoms with Crippen LogP contribution in [0.1, 0.15) is 89.9 Å². The SMILES string of the molecule is CCCc1ccc2c(c1-c1cc(C(C)C)cc(C(C)C)c1)C=C(c1ccccc1)[CH]2[Zr]([Cl])([Cl])[c]1cccc2c1[SiH2]c1ccccc1-2. The Kier molecular flexibility index (Phi) is 8.96. The van der Waals surface area contributed by atoms with Crippen LogP contribution in [-0.4, -0.2) is 9.52 Å². The summed E-state index contributed by atoms with van der Waals surface area (Å²) in [5.41, 5.74) is 14.8. The van der Waals surface area contributed by atoms with Crippen LogP contribution in [0.3, 0.4) is 0 Å². The molecular weight excluding hydrogens is 695 g/mol. The van der Waals surface area contributed by atoms with Crippen LogP contribution in [-0.2, 0) is 24.3 Å². The van der Waals surface area contributed by atoms with E-state index >= 15 is 0 Å². The molecule has 2 aliphatic rings. The molecule has 0 saturated carbocycles. The fraction of sp³-hybridized carbons (Fsp3) is 0.238. The monoisotopic (exact) mass is 734 g/mol. The molecule has 0 N–H and O–H groups in total. The minimum absolute atomic E-state index is 0.00785. The minimum atomic E-state index is -4.17. The number of hydrogen-bond donors (Lipinski definition) is 0. The van der Waals surface area contributed by atoms with Gasteiger partial charge in [-0.25, -0.2) is 0 Å². The summed E-state index contributed by atoms with van der Waals surface area (Å²) in [5, 5.41) is 2.97. The summed E-state index contributed by atoms with van der Waals surface area (Å²) >= 11 is -4.17. The zero-order valence-corrected chi connectivity index (χ0v) is 32.9. The third kappa shape index (κ3) is 5.58. The molecule has 0 nitrogen and oxygen atoms in total. The molecule has 232 valence electrons. The Morgan fingerprint density at radius 2 is 1.39 bits per heavy atom. The number of aryl methyl sites for hydroxylation is 1. The molecule has 0 aromatic heterocycles. The van der Waals surface area contributed by atoms with Gasteiger partial charge in [0.2, 0.25) is 0 Å². The number of benzene rings is 5. The molecule has 1 aliphatic carbocycles. The summed E-state index contributed by atoms with van der Waals surface area (Å²) in [6, 6.07) is 38.6. The molecule has 5 aromatic rings. The average Bonchev–Trinajstić information content (AvgIpc) is 3.64. The molecule has 1 atom stereocenters. The van der Waals surface area contributed by atoms with Gasteiger partial charge in [-0.1, -0.05) is 0 Å². The molecule has 4 heteroatoms. The van der Waals surface area contributed by atoms with Crippen LogP contribution in [0.15, 0.2) is 103 Å². The molecule has 7 rings (SSSR count). The van der Waals surface area contributed by atoms with Crippen molar-refractivity contribution in [2.75, 3.05) is 0 Å². The van der Waals surface area contributed by atoms with Gasteiger partial charge in [-0.05, 0) is 0 Å². The van der Waals surface area contributed by atoms with Crippen LogP contribution in [0.4, 0.5) is 0 Å². The summed E-state index contributed by atoms with van der Waals surface area (Å²) in [4.78, 5) is 0. The Morgan fingerprint density at radius 1 is 0.717 bits per heavy atom. The maximum absolute atomic E-state index is 8.06. The van der Waals surface area contributed by atoms with Crippen LogP contribution < -0.4 is 13.6 Å². The standard InChI is InChI=1S/C30H33.C12H9Si.2ClH.Zr/c1-6-10-23-13-14-24-15-27(22-11-8-7-9-12-22)19-29(24)30(23)28-17-25(20(2)3)16-26(18-28)21(4)5;1-3-7-11-9(5-1)10-6-2-4-8-12(10)13-11;;;/h7-9,11-21H,6,10H2,1-5H3;1-7H,13H2;2*1H;/q;;;;+2/p-2. The molecule has 1 aliphatic heterocycles. The average molecular weight is 737 g/mol. The van der Waals surface area contributed by atoms with Crippen molar-refractivity contribution in [3.8, 4) is 22.3 Å². The van der Waals surface area contributed by atoms with Crippen LogP contribution in [0.2, 0.25) is 0 Å². The van der Waals surface area contributed by atoms with Gasteiger partial charge in [-0.3, -0.25) is 0 Å². The number of allylic oxidation sites excluding steroid dienone is 1. The van der Waals surface area contributed by atoms with Crippen molar-refractivity contribution in [1.82, 2.24) is 0 Å². The van der Waals surface area contributed by atoms with E-state index in [4.69, 9.17) is 17.0 Å². The van der Waals surface area contributed by atoms with E-state index in [2.05, 4.69) is 144 Å². The molecule has 0 radical (unpaired) electrons. The van der Waals surface area contributed by atoms with Crippen molar-refractivity contribution in [2.45, 2.75) is 62.9 Å². The van der Waals surface area contributed by atoms with Gasteiger partial charge in [0, 0.05) is 0 Å². The zero-order valence-electron chi connectivity index (χ0n) is 27.5. The first-order valence-corrected chi connectivity index (χ1v) is 27.2. The van der Waals surface area contributed by atoms with E-state index in [1.54, 1.807) is 0 Å². The van der Waals surface area contributed by atoms with Gasteiger partial charge in [0.05, 0.1) is 0 Å². The molecule has 0 spiro atoms. The first-order valence-electron chi connectivity index (χ1n) is 16.9. The Hall–Kier alpha value is -2.48. The topological polar surface area (TPSA) is 0 Å². The second-order valence-corrected chi connectivity index (χ2v) is 29.6. The molecule has 5 aromatic carbocycles. The third-order valence-corrected chi connectivity index (χ3v) is 24.3. The normalized spacial score (nSPS) is 15.8. The molecule has 1 unspecified atom stereocenters. The van der Waals surface area contributed by atoms with E-state index < -0.39 is 27.4 Å². The van der Waals surface area contributed by atoms with Crippen molar-refractivity contribution in [3.63, 3.8) is 0 Å². The summed E-state index contributed by atoms with van der Waals surface area (Å²) in [7, 11) is 15.4. The van der Waals surface area contributed by atoms with E-state index in [-0.39, 0.29) is 3.63 Å². The number of rotatable bonds is 8. The molecule has 0 saturated heterocycles. The third-order valence-electron chi connectivity index (χ3n) is 10.1. The van der Waals surface area contributed by atoms with Gasteiger partial charge in [-0.2, -0.15) is 0 Å². The molecule has 0 bridgehead atoms. The predicted molar refractivity (Wildman–Crippen MR) is 202 cm³/mol. The van der Waals surface area contributed by atoms with E-state index in [9.17, 15) is 0 Å². The molecule has 0 amide bonds. The first-order chi connectivity index (χ1) is 22.2. The second-order valence-electron chi connectivity index (χ2n) is 13.7. The number of hydrogen-bond acceptors (Lipinski definition) is 0.